The maximum Gasteiger partial charge on any atom is 0.313 e. The molecule has 2 aliphatic heterocycles. The van der Waals surface area contributed by atoms with E-state index < -0.39 is 11.4 Å². The van der Waals surface area contributed by atoms with Crippen molar-refractivity contribution >= 4 is 17.8 Å². The van der Waals surface area contributed by atoms with E-state index >= 15 is 0 Å². The summed E-state index contributed by atoms with van der Waals surface area (Å²) < 4.78 is 12.9. The van der Waals surface area contributed by atoms with Crippen molar-refractivity contribution < 1.29 is 23.9 Å². The van der Waals surface area contributed by atoms with Crippen LogP contribution in [0.25, 0.3) is 0 Å². The van der Waals surface area contributed by atoms with Crippen LogP contribution in [0, 0.1) is 17.2 Å². The minimum Gasteiger partial charge on any atom is -0.481 e. The summed E-state index contributed by atoms with van der Waals surface area (Å²) in [6.45, 7) is 3.39. The van der Waals surface area contributed by atoms with Gasteiger partial charge in [-0.25, -0.2) is 4.39 Å². The Kier molecular flexibility index (Phi) is 5.46. The van der Waals surface area contributed by atoms with Gasteiger partial charge in [-0.15, -0.1) is 0 Å². The molecule has 0 bridgehead atoms. The maximum absolute atomic E-state index is 12.9. The second kappa shape index (κ2) is 7.64. The minimum absolute atomic E-state index is 0.116. The van der Waals surface area contributed by atoms with Crippen molar-refractivity contribution in [2.45, 2.75) is 13.3 Å². The largest absolute Gasteiger partial charge is 0.481 e. The van der Waals surface area contributed by atoms with E-state index in [0.29, 0.717) is 26.1 Å². The Morgan fingerprint density at radius 2 is 1.93 bits per heavy atom. The van der Waals surface area contributed by atoms with E-state index in [4.69, 9.17) is 0 Å². The Hall–Kier alpha value is -2.48. The summed E-state index contributed by atoms with van der Waals surface area (Å²) >= 11 is 0. The highest BCUT2D eigenvalue weighted by atomic mass is 19.1. The molecule has 146 valence electrons. The predicted octanol–water partition coefficient (Wildman–Crippen LogP) is 0.349. The maximum atomic E-state index is 12.9. The van der Waals surface area contributed by atoms with Gasteiger partial charge < -0.3 is 15.3 Å². The zero-order valence-electron chi connectivity index (χ0n) is 15.3. The number of benzene rings is 1. The van der Waals surface area contributed by atoms with Gasteiger partial charge in [0.1, 0.15) is 11.2 Å². The van der Waals surface area contributed by atoms with Gasteiger partial charge in [0.05, 0.1) is 6.54 Å². The fraction of sp³-hybridized carbons (Fsp3) is 0.526. The fourth-order valence-corrected chi connectivity index (χ4v) is 4.09. The molecule has 2 fully saturated rings. The summed E-state index contributed by atoms with van der Waals surface area (Å²) in [5.41, 5.74) is -0.0541. The van der Waals surface area contributed by atoms with Crippen molar-refractivity contribution in [3.05, 3.63) is 35.6 Å². The number of carbonyl (C=O) groups is 3. The number of nitrogens with zero attached hydrogens (tertiary/aromatic N) is 2. The van der Waals surface area contributed by atoms with Crippen LogP contribution < -0.4 is 5.32 Å². The summed E-state index contributed by atoms with van der Waals surface area (Å²) in [5, 5.41) is 12.5. The molecule has 2 amide bonds. The van der Waals surface area contributed by atoms with E-state index in [1.165, 1.54) is 19.1 Å². The van der Waals surface area contributed by atoms with Crippen LogP contribution >= 0.6 is 0 Å². The molecule has 0 radical (unpaired) electrons. The van der Waals surface area contributed by atoms with Crippen molar-refractivity contribution in [1.82, 2.24) is 15.1 Å². The van der Waals surface area contributed by atoms with Gasteiger partial charge in [-0.1, -0.05) is 12.1 Å². The molecule has 1 aromatic carbocycles. The first-order valence-corrected chi connectivity index (χ1v) is 9.02. The number of likely N-dealkylation sites (tertiary alicyclic amines) is 2. The van der Waals surface area contributed by atoms with E-state index in [-0.39, 0.29) is 43.2 Å². The first kappa shape index (κ1) is 19.3. The monoisotopic (exact) mass is 377 g/mol. The number of carboxylic acid groups (broad SMARTS) is 1. The smallest absolute Gasteiger partial charge is 0.313 e. The van der Waals surface area contributed by atoms with Crippen LogP contribution in [0.15, 0.2) is 24.3 Å². The predicted molar refractivity (Wildman–Crippen MR) is 95.4 cm³/mol. The van der Waals surface area contributed by atoms with Crippen LogP contribution in [0.2, 0.25) is 0 Å². The van der Waals surface area contributed by atoms with Crippen LogP contribution in [0.4, 0.5) is 4.39 Å². The van der Waals surface area contributed by atoms with E-state index in [2.05, 4.69) is 5.32 Å². The Morgan fingerprint density at radius 3 is 2.52 bits per heavy atom. The molecule has 3 rings (SSSR count). The third-order valence-electron chi connectivity index (χ3n) is 5.57. The van der Waals surface area contributed by atoms with Gasteiger partial charge >= 0.3 is 5.97 Å². The van der Waals surface area contributed by atoms with Gasteiger partial charge in [-0.2, -0.15) is 0 Å². The standard InChI is InChI=1S/C19H24FN3O4/c1-13(24)23-9-15-8-22(11-19(15,12-23)18(26)27)10-17(25)21-7-6-14-2-4-16(20)5-3-14/h2-5,15H,6-12H2,1H3,(H,21,25)(H,26,27)/t15-,19-/m1/s1. The summed E-state index contributed by atoms with van der Waals surface area (Å²) in [5.74, 6) is -1.64. The van der Waals surface area contributed by atoms with Crippen LogP contribution in [0.5, 0.6) is 0 Å². The fourth-order valence-electron chi connectivity index (χ4n) is 4.09. The number of fused-ring (bicyclic) bond motifs is 1. The van der Waals surface area contributed by atoms with Crippen molar-refractivity contribution in [2.75, 3.05) is 39.3 Å². The number of hydrogen-bond donors (Lipinski definition) is 2. The molecule has 27 heavy (non-hydrogen) atoms. The molecule has 2 aliphatic rings. The van der Waals surface area contributed by atoms with Crippen LogP contribution in [-0.4, -0.2) is 72.0 Å². The van der Waals surface area contributed by atoms with Crippen molar-refractivity contribution in [2.24, 2.45) is 11.3 Å². The highest BCUT2D eigenvalue weighted by Gasteiger charge is 2.58. The third-order valence-corrected chi connectivity index (χ3v) is 5.57. The van der Waals surface area contributed by atoms with Gasteiger partial charge in [0.25, 0.3) is 0 Å². The highest BCUT2D eigenvalue weighted by Crippen LogP contribution is 2.42. The zero-order valence-corrected chi connectivity index (χ0v) is 15.3. The lowest BCUT2D eigenvalue weighted by atomic mass is 9.81. The molecule has 2 saturated heterocycles. The van der Waals surface area contributed by atoms with Crippen LogP contribution in [-0.2, 0) is 20.8 Å². The molecular formula is C19H24FN3O4. The first-order valence-electron chi connectivity index (χ1n) is 9.02. The van der Waals surface area contributed by atoms with Crippen LogP contribution in [0.3, 0.4) is 0 Å². The van der Waals surface area contributed by atoms with E-state index in [0.717, 1.165) is 5.56 Å². The number of carboxylic acids is 1. The van der Waals surface area contributed by atoms with E-state index in [1.807, 2.05) is 4.90 Å². The van der Waals surface area contributed by atoms with E-state index in [9.17, 15) is 23.9 Å². The van der Waals surface area contributed by atoms with Gasteiger partial charge in [0.15, 0.2) is 0 Å². The Balaban J connectivity index is 1.49. The molecule has 8 heteroatoms. The quantitative estimate of drug-likeness (QED) is 0.747. The number of amides is 2. The lowest BCUT2D eigenvalue weighted by molar-refractivity contribution is -0.149. The number of nitrogens with one attached hydrogen (secondary N) is 1. The molecule has 2 heterocycles. The average Bonchev–Trinajstić information content (AvgIpc) is 3.11. The lowest BCUT2D eigenvalue weighted by Gasteiger charge is -2.24. The molecule has 0 spiro atoms. The van der Waals surface area contributed by atoms with Gasteiger partial charge in [0, 0.05) is 45.6 Å². The van der Waals surface area contributed by atoms with Gasteiger partial charge in [0.2, 0.25) is 11.8 Å². The molecule has 2 atom stereocenters. The number of rotatable bonds is 6. The number of hydrogen-bond acceptors (Lipinski definition) is 4. The van der Waals surface area contributed by atoms with Crippen LogP contribution in [0.1, 0.15) is 12.5 Å². The first-order chi connectivity index (χ1) is 12.8. The topological polar surface area (TPSA) is 90.0 Å². The number of carbonyl (C=O) groups excluding carboxylic acids is 2. The summed E-state index contributed by atoms with van der Waals surface area (Å²) in [6.07, 6.45) is 0.598. The van der Waals surface area contributed by atoms with Gasteiger partial charge in [-0.3, -0.25) is 19.3 Å². The number of halogens is 1. The Bertz CT molecular complexity index is 739. The second-order valence-corrected chi connectivity index (χ2v) is 7.45. The Labute approximate surface area is 157 Å². The molecule has 0 aromatic heterocycles. The zero-order chi connectivity index (χ0) is 19.6. The molecule has 2 N–H and O–H groups in total. The molecule has 0 aliphatic carbocycles. The summed E-state index contributed by atoms with van der Waals surface area (Å²) in [7, 11) is 0. The van der Waals surface area contributed by atoms with Crippen molar-refractivity contribution in [3.8, 4) is 0 Å². The molecule has 0 unspecified atom stereocenters. The van der Waals surface area contributed by atoms with Crippen molar-refractivity contribution in [1.29, 1.82) is 0 Å². The average molecular weight is 377 g/mol. The molecule has 1 aromatic rings. The number of aliphatic carboxylic acids is 1. The van der Waals surface area contributed by atoms with E-state index in [1.54, 1.807) is 17.0 Å². The molecule has 0 saturated carbocycles. The highest BCUT2D eigenvalue weighted by molar-refractivity contribution is 5.81. The lowest BCUT2D eigenvalue weighted by Crippen LogP contribution is -2.43. The Morgan fingerprint density at radius 1 is 1.22 bits per heavy atom. The molecular weight excluding hydrogens is 353 g/mol. The normalized spacial score (nSPS) is 24.7. The summed E-state index contributed by atoms with van der Waals surface area (Å²) in [6, 6.07) is 6.13. The second-order valence-electron chi connectivity index (χ2n) is 7.45. The third kappa shape index (κ3) is 4.10. The SMILES string of the molecule is CC(=O)N1C[C@H]2CN(CC(=O)NCCc3ccc(F)cc3)C[C@@]2(C(=O)O)C1. The molecule has 7 nitrogen and oxygen atoms in total. The summed E-state index contributed by atoms with van der Waals surface area (Å²) in [4.78, 5) is 39.1. The van der Waals surface area contributed by atoms with Gasteiger partial charge in [-0.05, 0) is 24.1 Å². The minimum atomic E-state index is -0.986. The van der Waals surface area contributed by atoms with Crippen molar-refractivity contribution in [3.63, 3.8) is 0 Å².